The van der Waals surface area contributed by atoms with E-state index in [1.807, 2.05) is 37.3 Å². The molecule has 200 valence electrons. The molecule has 9 nitrogen and oxygen atoms in total. The van der Waals surface area contributed by atoms with Gasteiger partial charge in [-0.15, -0.1) is 0 Å². The molecule has 0 spiro atoms. The normalized spacial score (nSPS) is 12.2. The van der Waals surface area contributed by atoms with Crippen molar-refractivity contribution < 1.29 is 33.7 Å². The van der Waals surface area contributed by atoms with Gasteiger partial charge in [0, 0.05) is 12.8 Å². The molecule has 3 rings (SSSR count). The van der Waals surface area contributed by atoms with Crippen LogP contribution in [0.25, 0.3) is 0 Å². The maximum atomic E-state index is 13.2. The summed E-state index contributed by atoms with van der Waals surface area (Å²) in [7, 11) is 1.57. The molecule has 3 N–H and O–H groups in total. The van der Waals surface area contributed by atoms with Crippen LogP contribution in [0.2, 0.25) is 0 Å². The third kappa shape index (κ3) is 6.89. The number of ether oxygens (including phenoxy) is 3. The van der Waals surface area contributed by atoms with Crippen LogP contribution in [0, 0.1) is 13.8 Å². The van der Waals surface area contributed by atoms with Crippen LogP contribution in [0.3, 0.4) is 0 Å². The highest BCUT2D eigenvalue weighted by Crippen LogP contribution is 2.34. The number of hydrogen-bond acceptors (Lipinski definition) is 7. The number of rotatable bonds is 9. The number of aromatic hydroxyl groups is 1. The predicted octanol–water partition coefficient (Wildman–Crippen LogP) is 4.81. The zero-order valence-corrected chi connectivity index (χ0v) is 22.0. The Bertz CT molecular complexity index is 1280. The van der Waals surface area contributed by atoms with Crippen molar-refractivity contribution in [2.24, 2.45) is 0 Å². The third-order valence-corrected chi connectivity index (χ3v) is 5.90. The first-order chi connectivity index (χ1) is 18.1. The number of nitrogens with one attached hydrogen (secondary N) is 2. The molecule has 0 aliphatic heterocycles. The zero-order chi connectivity index (χ0) is 27.8. The smallest absolute Gasteiger partial charge is 0.397 e. The predicted molar refractivity (Wildman–Crippen MR) is 142 cm³/mol. The summed E-state index contributed by atoms with van der Waals surface area (Å²) in [5, 5.41) is 15.9. The lowest BCUT2D eigenvalue weighted by atomic mass is 10.0. The molecular weight excluding hydrogens is 488 g/mol. The summed E-state index contributed by atoms with van der Waals surface area (Å²) in [5.41, 5.74) is 2.68. The second-order valence-corrected chi connectivity index (χ2v) is 8.70. The van der Waals surface area contributed by atoms with E-state index in [1.54, 1.807) is 46.1 Å². The lowest BCUT2D eigenvalue weighted by molar-refractivity contribution is -0.152. The van der Waals surface area contributed by atoms with Crippen LogP contribution in [0.4, 0.5) is 5.69 Å². The Morgan fingerprint density at radius 3 is 2.24 bits per heavy atom. The van der Waals surface area contributed by atoms with E-state index in [9.17, 15) is 19.5 Å². The van der Waals surface area contributed by atoms with Crippen molar-refractivity contribution in [3.63, 3.8) is 0 Å². The van der Waals surface area contributed by atoms with E-state index in [0.717, 1.165) is 5.56 Å². The van der Waals surface area contributed by atoms with Crippen LogP contribution in [0.15, 0.2) is 60.7 Å². The van der Waals surface area contributed by atoms with Gasteiger partial charge < -0.3 is 30.0 Å². The van der Waals surface area contributed by atoms with Crippen molar-refractivity contribution in [2.45, 2.75) is 39.8 Å². The maximum absolute atomic E-state index is 13.2. The number of methoxy groups -OCH3 is 1. The molecule has 0 saturated heterocycles. The van der Waals surface area contributed by atoms with Gasteiger partial charge >= 0.3 is 11.9 Å². The van der Waals surface area contributed by atoms with Crippen molar-refractivity contribution in [3.05, 3.63) is 82.9 Å². The largest absolute Gasteiger partial charge is 0.507 e. The quantitative estimate of drug-likeness (QED) is 0.273. The minimum absolute atomic E-state index is 0.0420. The lowest BCUT2D eigenvalue weighted by Crippen LogP contribution is -2.36. The van der Waals surface area contributed by atoms with Gasteiger partial charge in [-0.3, -0.25) is 9.59 Å². The summed E-state index contributed by atoms with van der Waals surface area (Å²) < 4.78 is 16.2. The molecule has 0 aliphatic carbocycles. The number of amides is 2. The van der Waals surface area contributed by atoms with E-state index < -0.39 is 23.8 Å². The fraction of sp³-hybridized carbons (Fsp3) is 0.276. The van der Waals surface area contributed by atoms with Crippen molar-refractivity contribution in [2.75, 3.05) is 19.0 Å². The highest BCUT2D eigenvalue weighted by molar-refractivity contribution is 6.37. The van der Waals surface area contributed by atoms with Crippen molar-refractivity contribution in [1.29, 1.82) is 0 Å². The third-order valence-electron chi connectivity index (χ3n) is 5.90. The van der Waals surface area contributed by atoms with Gasteiger partial charge in [0.25, 0.3) is 5.91 Å². The summed E-state index contributed by atoms with van der Waals surface area (Å²) in [5.74, 6) is -1.68. The van der Waals surface area contributed by atoms with Crippen LogP contribution >= 0.6 is 0 Å². The van der Waals surface area contributed by atoms with Gasteiger partial charge in [0.05, 0.1) is 24.3 Å². The molecule has 0 heterocycles. The number of esters is 1. The Morgan fingerprint density at radius 1 is 0.974 bits per heavy atom. The summed E-state index contributed by atoms with van der Waals surface area (Å²) in [4.78, 5) is 36.8. The number of anilines is 1. The van der Waals surface area contributed by atoms with Crippen molar-refractivity contribution in [1.82, 2.24) is 5.32 Å². The van der Waals surface area contributed by atoms with Crippen LogP contribution in [-0.4, -0.2) is 42.7 Å². The Balaban J connectivity index is 1.81. The van der Waals surface area contributed by atoms with Gasteiger partial charge in [0.2, 0.25) is 0 Å². The van der Waals surface area contributed by atoms with Crippen LogP contribution in [0.5, 0.6) is 17.2 Å². The SMILES string of the molecule is CCOC(=O)C(=O)Nc1cc(C)c(Oc2ccc(O)c(C(=O)NC(c3ccccc3)C(C)OC)c2)c(C)c1. The van der Waals surface area contributed by atoms with Gasteiger partial charge in [0.15, 0.2) is 0 Å². The minimum atomic E-state index is -0.965. The number of carbonyl (C=O) groups excluding carboxylic acids is 3. The summed E-state index contributed by atoms with van der Waals surface area (Å²) in [6.45, 7) is 7.13. The van der Waals surface area contributed by atoms with E-state index in [4.69, 9.17) is 14.2 Å². The molecular formula is C29H32N2O7. The topological polar surface area (TPSA) is 123 Å². The van der Waals surface area contributed by atoms with Gasteiger partial charge in [-0.25, -0.2) is 4.79 Å². The van der Waals surface area contributed by atoms with E-state index in [2.05, 4.69) is 10.6 Å². The fourth-order valence-corrected chi connectivity index (χ4v) is 3.93. The number of phenols is 1. The molecule has 2 amide bonds. The number of aryl methyl sites for hydroxylation is 2. The maximum Gasteiger partial charge on any atom is 0.397 e. The molecule has 2 atom stereocenters. The number of benzene rings is 3. The summed E-state index contributed by atoms with van der Waals surface area (Å²) >= 11 is 0. The molecule has 9 heteroatoms. The van der Waals surface area contributed by atoms with E-state index in [0.29, 0.717) is 28.3 Å². The Morgan fingerprint density at radius 2 is 1.63 bits per heavy atom. The highest BCUT2D eigenvalue weighted by Gasteiger charge is 2.24. The molecule has 38 heavy (non-hydrogen) atoms. The standard InChI is InChI=1S/C29H32N2O7/c1-6-37-29(35)28(34)30-21-14-17(2)26(18(3)15-21)38-22-12-13-24(32)23(16-22)27(33)31-25(19(4)36-5)20-10-8-7-9-11-20/h7-16,19,25,32H,6H2,1-5H3,(H,30,34)(H,31,33). The summed E-state index contributed by atoms with van der Waals surface area (Å²) in [6.07, 6.45) is -0.323. The fourth-order valence-electron chi connectivity index (χ4n) is 3.93. The van der Waals surface area contributed by atoms with E-state index in [1.165, 1.54) is 12.1 Å². The highest BCUT2D eigenvalue weighted by atomic mass is 16.5. The first-order valence-corrected chi connectivity index (χ1v) is 12.1. The lowest BCUT2D eigenvalue weighted by Gasteiger charge is -2.25. The second kappa shape index (κ2) is 12.7. The van der Waals surface area contributed by atoms with Crippen molar-refractivity contribution >= 4 is 23.5 Å². The molecule has 2 unspecified atom stereocenters. The van der Waals surface area contributed by atoms with Crippen molar-refractivity contribution in [3.8, 4) is 17.2 Å². The monoisotopic (exact) mass is 520 g/mol. The van der Waals surface area contributed by atoms with E-state index >= 15 is 0 Å². The van der Waals surface area contributed by atoms with Gasteiger partial charge in [0.1, 0.15) is 17.2 Å². The Hall–Kier alpha value is -4.37. The molecule has 0 aliphatic rings. The Kier molecular flexibility index (Phi) is 9.45. The zero-order valence-electron chi connectivity index (χ0n) is 22.0. The Labute approximate surface area is 221 Å². The molecule has 3 aromatic carbocycles. The number of phenolic OH excluding ortho intramolecular Hbond substituents is 1. The second-order valence-electron chi connectivity index (χ2n) is 8.70. The van der Waals surface area contributed by atoms with E-state index in [-0.39, 0.29) is 24.0 Å². The van der Waals surface area contributed by atoms with Crippen LogP contribution in [-0.2, 0) is 19.1 Å². The molecule has 3 aromatic rings. The molecule has 0 radical (unpaired) electrons. The summed E-state index contributed by atoms with van der Waals surface area (Å²) in [6, 6.07) is 16.7. The first kappa shape index (κ1) is 28.2. The number of carbonyl (C=O) groups is 3. The van der Waals surface area contributed by atoms with Crippen LogP contribution in [0.1, 0.15) is 46.9 Å². The molecule has 0 saturated carbocycles. The molecule has 0 aromatic heterocycles. The average Bonchev–Trinajstić information content (AvgIpc) is 2.90. The van der Waals surface area contributed by atoms with Gasteiger partial charge in [-0.1, -0.05) is 30.3 Å². The van der Waals surface area contributed by atoms with Crippen LogP contribution < -0.4 is 15.4 Å². The minimum Gasteiger partial charge on any atom is -0.507 e. The molecule has 0 bridgehead atoms. The molecule has 0 fully saturated rings. The van der Waals surface area contributed by atoms with Gasteiger partial charge in [-0.05, 0) is 74.7 Å². The first-order valence-electron chi connectivity index (χ1n) is 12.1. The average molecular weight is 521 g/mol. The van der Waals surface area contributed by atoms with Gasteiger partial charge in [-0.2, -0.15) is 0 Å². The number of hydrogen-bond donors (Lipinski definition) is 3.